The fraction of sp³-hybridized carbons (Fsp3) is 0.333. The van der Waals surface area contributed by atoms with Gasteiger partial charge in [-0.25, -0.2) is 0 Å². The first-order chi connectivity index (χ1) is 8.15. The van der Waals surface area contributed by atoms with Crippen molar-refractivity contribution < 1.29 is 19.1 Å². The quantitative estimate of drug-likeness (QED) is 0.475. The second-order valence-corrected chi connectivity index (χ2v) is 4.10. The molecule has 0 aliphatic carbocycles. The topological polar surface area (TPSA) is 52.6 Å². The van der Waals surface area contributed by atoms with Gasteiger partial charge in [0.05, 0.1) is 20.0 Å². The number of benzene rings is 1. The summed E-state index contributed by atoms with van der Waals surface area (Å²) in [6, 6.07) is 6.77. The molecule has 1 aromatic carbocycles. The van der Waals surface area contributed by atoms with Gasteiger partial charge in [-0.2, -0.15) is 0 Å². The van der Waals surface area contributed by atoms with E-state index >= 15 is 0 Å². The van der Waals surface area contributed by atoms with Crippen molar-refractivity contribution in [3.63, 3.8) is 0 Å². The number of alkyl halides is 1. The van der Waals surface area contributed by atoms with E-state index in [4.69, 9.17) is 4.74 Å². The SMILES string of the molecule is COC(=O)Cc1ccc(OC(=O)CCBr)cc1. The zero-order chi connectivity index (χ0) is 12.7. The molecule has 0 atom stereocenters. The third-order valence-corrected chi connectivity index (χ3v) is 2.43. The third kappa shape index (κ3) is 4.99. The summed E-state index contributed by atoms with van der Waals surface area (Å²) in [5, 5.41) is 0.576. The summed E-state index contributed by atoms with van der Waals surface area (Å²) in [5.41, 5.74) is 0.817. The number of halogens is 1. The molecule has 1 aromatic rings. The monoisotopic (exact) mass is 300 g/mol. The Kier molecular flexibility index (Phi) is 5.69. The average Bonchev–Trinajstić information content (AvgIpc) is 2.32. The lowest BCUT2D eigenvalue weighted by molar-refractivity contribution is -0.139. The van der Waals surface area contributed by atoms with Crippen molar-refractivity contribution in [2.45, 2.75) is 12.8 Å². The fourth-order valence-electron chi connectivity index (χ4n) is 1.17. The number of hydrogen-bond acceptors (Lipinski definition) is 4. The number of methoxy groups -OCH3 is 1. The van der Waals surface area contributed by atoms with Crippen LogP contribution in [0.1, 0.15) is 12.0 Å². The molecule has 0 unspecified atom stereocenters. The minimum atomic E-state index is -0.297. The number of hydrogen-bond donors (Lipinski definition) is 0. The molecule has 0 radical (unpaired) electrons. The average molecular weight is 301 g/mol. The maximum absolute atomic E-state index is 11.2. The van der Waals surface area contributed by atoms with Gasteiger partial charge in [0, 0.05) is 5.33 Å². The molecular weight excluding hydrogens is 288 g/mol. The minimum Gasteiger partial charge on any atom is -0.469 e. The first-order valence-electron chi connectivity index (χ1n) is 5.08. The van der Waals surface area contributed by atoms with Crippen LogP contribution in [-0.2, 0) is 20.7 Å². The van der Waals surface area contributed by atoms with E-state index in [1.807, 2.05) is 0 Å². The standard InChI is InChI=1S/C12H13BrO4/c1-16-12(15)8-9-2-4-10(5-3-9)17-11(14)6-7-13/h2-5H,6-8H2,1H3. The molecule has 0 spiro atoms. The minimum absolute atomic E-state index is 0.214. The smallest absolute Gasteiger partial charge is 0.312 e. The zero-order valence-corrected chi connectivity index (χ0v) is 11.0. The number of ether oxygens (including phenoxy) is 2. The van der Waals surface area contributed by atoms with E-state index in [-0.39, 0.29) is 18.4 Å². The van der Waals surface area contributed by atoms with Crippen molar-refractivity contribution in [2.75, 3.05) is 12.4 Å². The van der Waals surface area contributed by atoms with Crippen LogP contribution < -0.4 is 4.74 Å². The number of carbonyl (C=O) groups is 2. The Labute approximate surface area is 108 Å². The lowest BCUT2D eigenvalue weighted by Crippen LogP contribution is -2.08. The van der Waals surface area contributed by atoms with E-state index in [0.29, 0.717) is 17.5 Å². The van der Waals surface area contributed by atoms with Crippen LogP contribution in [0.3, 0.4) is 0 Å². The summed E-state index contributed by atoms with van der Waals surface area (Å²) in [5.74, 6) is -0.110. The number of carbonyl (C=O) groups excluding carboxylic acids is 2. The van der Waals surface area contributed by atoms with Crippen LogP contribution in [0.25, 0.3) is 0 Å². The molecule has 0 aromatic heterocycles. The molecule has 1 rings (SSSR count). The predicted octanol–water partition coefficient (Wildman–Crippen LogP) is 2.09. The molecule has 5 heteroatoms. The van der Waals surface area contributed by atoms with Crippen molar-refractivity contribution in [1.82, 2.24) is 0 Å². The van der Waals surface area contributed by atoms with Crippen LogP contribution >= 0.6 is 15.9 Å². The largest absolute Gasteiger partial charge is 0.469 e. The molecule has 0 fully saturated rings. The van der Waals surface area contributed by atoms with Gasteiger partial charge in [-0.3, -0.25) is 9.59 Å². The Bertz CT molecular complexity index is 386. The van der Waals surface area contributed by atoms with E-state index in [1.54, 1.807) is 24.3 Å². The van der Waals surface area contributed by atoms with Crippen LogP contribution in [0.2, 0.25) is 0 Å². The molecule has 92 valence electrons. The molecule has 4 nitrogen and oxygen atoms in total. The lowest BCUT2D eigenvalue weighted by Gasteiger charge is -2.04. The Morgan fingerprint density at radius 3 is 2.35 bits per heavy atom. The van der Waals surface area contributed by atoms with Crippen molar-refractivity contribution in [1.29, 1.82) is 0 Å². The second kappa shape index (κ2) is 7.06. The molecular formula is C12H13BrO4. The van der Waals surface area contributed by atoms with Crippen molar-refractivity contribution in [2.24, 2.45) is 0 Å². The molecule has 0 amide bonds. The Hall–Kier alpha value is -1.36. The first-order valence-corrected chi connectivity index (χ1v) is 6.20. The summed E-state index contributed by atoms with van der Waals surface area (Å²) in [4.78, 5) is 22.2. The van der Waals surface area contributed by atoms with E-state index < -0.39 is 0 Å². The van der Waals surface area contributed by atoms with E-state index in [2.05, 4.69) is 20.7 Å². The molecule has 0 bridgehead atoms. The molecule has 17 heavy (non-hydrogen) atoms. The van der Waals surface area contributed by atoms with E-state index in [9.17, 15) is 9.59 Å². The highest BCUT2D eigenvalue weighted by molar-refractivity contribution is 9.09. The van der Waals surface area contributed by atoms with Gasteiger partial charge in [0.25, 0.3) is 0 Å². The molecule has 0 N–H and O–H groups in total. The Balaban J connectivity index is 2.55. The summed E-state index contributed by atoms with van der Waals surface area (Å²) in [6.07, 6.45) is 0.538. The van der Waals surface area contributed by atoms with Crippen LogP contribution in [-0.4, -0.2) is 24.4 Å². The molecule has 0 heterocycles. The highest BCUT2D eigenvalue weighted by atomic mass is 79.9. The number of rotatable bonds is 5. The summed E-state index contributed by atoms with van der Waals surface area (Å²) in [7, 11) is 1.35. The highest BCUT2D eigenvalue weighted by Gasteiger charge is 2.05. The van der Waals surface area contributed by atoms with Crippen LogP contribution in [0.4, 0.5) is 0 Å². The summed E-state index contributed by atoms with van der Waals surface area (Å²) in [6.45, 7) is 0. The van der Waals surface area contributed by atoms with Crippen LogP contribution in [0.15, 0.2) is 24.3 Å². The van der Waals surface area contributed by atoms with Gasteiger partial charge in [0.1, 0.15) is 5.75 Å². The van der Waals surface area contributed by atoms with Crippen molar-refractivity contribution in [3.05, 3.63) is 29.8 Å². The van der Waals surface area contributed by atoms with Crippen molar-refractivity contribution >= 4 is 27.9 Å². The normalized spacial score (nSPS) is 9.76. The molecule has 0 aliphatic rings. The predicted molar refractivity (Wildman–Crippen MR) is 66.2 cm³/mol. The maximum atomic E-state index is 11.2. The van der Waals surface area contributed by atoms with E-state index in [1.165, 1.54) is 7.11 Å². The fourth-order valence-corrected chi connectivity index (χ4v) is 1.50. The third-order valence-electron chi connectivity index (χ3n) is 2.03. The van der Waals surface area contributed by atoms with Gasteiger partial charge in [0.15, 0.2) is 0 Å². The second-order valence-electron chi connectivity index (χ2n) is 3.31. The highest BCUT2D eigenvalue weighted by Crippen LogP contribution is 2.13. The Morgan fingerprint density at radius 1 is 1.18 bits per heavy atom. The lowest BCUT2D eigenvalue weighted by atomic mass is 10.1. The molecule has 0 aliphatic heterocycles. The van der Waals surface area contributed by atoms with Crippen LogP contribution in [0, 0.1) is 0 Å². The van der Waals surface area contributed by atoms with Gasteiger partial charge in [0.2, 0.25) is 0 Å². The van der Waals surface area contributed by atoms with Gasteiger partial charge in [-0.1, -0.05) is 28.1 Å². The van der Waals surface area contributed by atoms with E-state index in [0.717, 1.165) is 5.56 Å². The first kappa shape index (κ1) is 13.7. The summed E-state index contributed by atoms with van der Waals surface area (Å²) >= 11 is 3.16. The van der Waals surface area contributed by atoms with Crippen LogP contribution in [0.5, 0.6) is 5.75 Å². The maximum Gasteiger partial charge on any atom is 0.312 e. The van der Waals surface area contributed by atoms with Gasteiger partial charge in [-0.15, -0.1) is 0 Å². The molecule has 0 saturated carbocycles. The Morgan fingerprint density at radius 2 is 1.82 bits per heavy atom. The zero-order valence-electron chi connectivity index (χ0n) is 9.44. The summed E-state index contributed by atoms with van der Waals surface area (Å²) < 4.78 is 9.61. The molecule has 0 saturated heterocycles. The number of esters is 2. The van der Waals surface area contributed by atoms with Gasteiger partial charge >= 0.3 is 11.9 Å². The van der Waals surface area contributed by atoms with Gasteiger partial charge < -0.3 is 9.47 Å². The van der Waals surface area contributed by atoms with Crippen molar-refractivity contribution in [3.8, 4) is 5.75 Å². The van der Waals surface area contributed by atoms with Gasteiger partial charge in [-0.05, 0) is 17.7 Å².